The molecule has 0 fully saturated rings. The predicted octanol–water partition coefficient (Wildman–Crippen LogP) is 4.21. The Balaban J connectivity index is 2.21. The highest BCUT2D eigenvalue weighted by Crippen LogP contribution is 2.36. The minimum Gasteiger partial charge on any atom is -0.494 e. The van der Waals surface area contributed by atoms with E-state index in [9.17, 15) is 0 Å². The fourth-order valence-corrected chi connectivity index (χ4v) is 3.02. The molecule has 0 radical (unpaired) electrons. The fourth-order valence-electron chi connectivity index (χ4n) is 3.02. The van der Waals surface area contributed by atoms with E-state index in [1.807, 2.05) is 29.7 Å². The van der Waals surface area contributed by atoms with E-state index in [0.29, 0.717) is 11.5 Å². The summed E-state index contributed by atoms with van der Waals surface area (Å²) in [4.78, 5) is 0. The van der Waals surface area contributed by atoms with Gasteiger partial charge in [-0.25, -0.2) is 0 Å². The van der Waals surface area contributed by atoms with Crippen LogP contribution in [0, 0.1) is 6.92 Å². The number of methoxy groups -OCH3 is 2. The van der Waals surface area contributed by atoms with E-state index in [0.717, 1.165) is 35.7 Å². The summed E-state index contributed by atoms with van der Waals surface area (Å²) in [5.74, 6) is 2.98. The van der Waals surface area contributed by atoms with Crippen molar-refractivity contribution < 1.29 is 9.47 Å². The second-order valence-electron chi connectivity index (χ2n) is 5.87. The number of para-hydroxylation sites is 1. The first-order chi connectivity index (χ1) is 12.2. The van der Waals surface area contributed by atoms with Gasteiger partial charge in [-0.15, -0.1) is 10.2 Å². The Morgan fingerprint density at radius 1 is 0.960 bits per heavy atom. The molecule has 0 N–H and O–H groups in total. The van der Waals surface area contributed by atoms with E-state index in [-0.39, 0.29) is 0 Å². The summed E-state index contributed by atoms with van der Waals surface area (Å²) in [7, 11) is 3.30. The van der Waals surface area contributed by atoms with Crippen LogP contribution in [0.4, 0.5) is 0 Å². The quantitative estimate of drug-likeness (QED) is 0.676. The number of hydrogen-bond donors (Lipinski definition) is 0. The molecule has 0 aliphatic heterocycles. The molecule has 2 aromatic carbocycles. The first-order valence-corrected chi connectivity index (χ1v) is 8.42. The Morgan fingerprint density at radius 3 is 2.28 bits per heavy atom. The van der Waals surface area contributed by atoms with Gasteiger partial charge in [-0.05, 0) is 37.1 Å². The molecule has 0 saturated heterocycles. The van der Waals surface area contributed by atoms with Gasteiger partial charge in [0.2, 0.25) is 0 Å². The van der Waals surface area contributed by atoms with Crippen LogP contribution in [0.1, 0.15) is 24.7 Å². The molecular formula is C20H23N3O2. The third-order valence-electron chi connectivity index (χ3n) is 4.17. The van der Waals surface area contributed by atoms with Crippen LogP contribution < -0.4 is 9.47 Å². The SMILES string of the molecule is CCCc1cccc(-c2nnc(C)n2-c2c(OC)cccc2OC)c1. The van der Waals surface area contributed by atoms with Crippen molar-refractivity contribution in [3.63, 3.8) is 0 Å². The molecule has 1 aromatic heterocycles. The lowest BCUT2D eigenvalue weighted by molar-refractivity contribution is 0.391. The third kappa shape index (κ3) is 3.22. The average molecular weight is 337 g/mol. The van der Waals surface area contributed by atoms with Gasteiger partial charge in [0, 0.05) is 5.56 Å². The average Bonchev–Trinajstić information content (AvgIpc) is 3.02. The van der Waals surface area contributed by atoms with Crippen LogP contribution >= 0.6 is 0 Å². The van der Waals surface area contributed by atoms with Gasteiger partial charge in [0.1, 0.15) is 23.0 Å². The molecule has 0 amide bonds. The van der Waals surface area contributed by atoms with Crippen LogP contribution in [-0.2, 0) is 6.42 Å². The van der Waals surface area contributed by atoms with E-state index < -0.39 is 0 Å². The van der Waals surface area contributed by atoms with Crippen LogP contribution in [0.2, 0.25) is 0 Å². The fraction of sp³-hybridized carbons (Fsp3) is 0.300. The van der Waals surface area contributed by atoms with Gasteiger partial charge >= 0.3 is 0 Å². The summed E-state index contributed by atoms with van der Waals surface area (Å²) < 4.78 is 13.1. The number of benzene rings is 2. The molecule has 130 valence electrons. The first-order valence-electron chi connectivity index (χ1n) is 8.42. The Bertz CT molecular complexity index is 849. The third-order valence-corrected chi connectivity index (χ3v) is 4.17. The standard InChI is InChI=1S/C20H23N3O2/c1-5-8-15-9-6-10-16(13-15)20-22-21-14(2)23(20)19-17(24-3)11-7-12-18(19)25-4/h6-7,9-13H,5,8H2,1-4H3. The van der Waals surface area contributed by atoms with Crippen molar-refractivity contribution in [2.24, 2.45) is 0 Å². The Morgan fingerprint density at radius 2 is 1.64 bits per heavy atom. The summed E-state index contributed by atoms with van der Waals surface area (Å²) >= 11 is 0. The lowest BCUT2D eigenvalue weighted by atomic mass is 10.1. The van der Waals surface area contributed by atoms with E-state index in [1.165, 1.54) is 5.56 Å². The molecule has 1 heterocycles. The molecule has 0 bridgehead atoms. The smallest absolute Gasteiger partial charge is 0.168 e. The van der Waals surface area contributed by atoms with Crippen LogP contribution in [0.5, 0.6) is 11.5 Å². The van der Waals surface area contributed by atoms with Crippen molar-refractivity contribution in [1.29, 1.82) is 0 Å². The number of hydrogen-bond acceptors (Lipinski definition) is 4. The highest BCUT2D eigenvalue weighted by atomic mass is 16.5. The molecule has 5 heteroatoms. The molecule has 0 atom stereocenters. The molecule has 25 heavy (non-hydrogen) atoms. The normalized spacial score (nSPS) is 10.7. The van der Waals surface area contributed by atoms with Gasteiger partial charge in [-0.3, -0.25) is 4.57 Å². The van der Waals surface area contributed by atoms with Gasteiger partial charge in [0.25, 0.3) is 0 Å². The zero-order valence-electron chi connectivity index (χ0n) is 15.1. The maximum absolute atomic E-state index is 5.56. The lowest BCUT2D eigenvalue weighted by Gasteiger charge is -2.16. The van der Waals surface area contributed by atoms with Crippen LogP contribution in [0.3, 0.4) is 0 Å². The lowest BCUT2D eigenvalue weighted by Crippen LogP contribution is -2.05. The molecule has 3 aromatic rings. The van der Waals surface area contributed by atoms with Crippen molar-refractivity contribution in [3.05, 3.63) is 53.9 Å². The largest absolute Gasteiger partial charge is 0.494 e. The van der Waals surface area contributed by atoms with Crippen LogP contribution in [0.15, 0.2) is 42.5 Å². The number of nitrogens with zero attached hydrogens (tertiary/aromatic N) is 3. The Kier molecular flexibility index (Phi) is 5.03. The second-order valence-corrected chi connectivity index (χ2v) is 5.87. The molecule has 0 aliphatic carbocycles. The van der Waals surface area contributed by atoms with E-state index in [4.69, 9.17) is 9.47 Å². The van der Waals surface area contributed by atoms with Gasteiger partial charge in [0.15, 0.2) is 5.82 Å². The molecule has 5 nitrogen and oxygen atoms in total. The summed E-state index contributed by atoms with van der Waals surface area (Å²) in [6.45, 7) is 4.11. The minimum atomic E-state index is 0.716. The van der Waals surface area contributed by atoms with Gasteiger partial charge < -0.3 is 9.47 Å². The number of aryl methyl sites for hydroxylation is 2. The zero-order valence-corrected chi connectivity index (χ0v) is 15.1. The molecule has 0 aliphatic rings. The zero-order chi connectivity index (χ0) is 17.8. The number of ether oxygens (including phenoxy) is 2. The topological polar surface area (TPSA) is 49.2 Å². The van der Waals surface area contributed by atoms with Gasteiger partial charge in [-0.2, -0.15) is 0 Å². The minimum absolute atomic E-state index is 0.716. The first kappa shape index (κ1) is 17.0. The maximum Gasteiger partial charge on any atom is 0.168 e. The van der Waals surface area contributed by atoms with E-state index in [2.05, 4.69) is 41.4 Å². The molecule has 0 unspecified atom stereocenters. The molecular weight excluding hydrogens is 314 g/mol. The molecule has 3 rings (SSSR count). The predicted molar refractivity (Wildman–Crippen MR) is 98.6 cm³/mol. The summed E-state index contributed by atoms with van der Waals surface area (Å²) in [6.07, 6.45) is 2.15. The number of rotatable bonds is 6. The van der Waals surface area contributed by atoms with Crippen molar-refractivity contribution in [1.82, 2.24) is 14.8 Å². The second kappa shape index (κ2) is 7.38. The monoisotopic (exact) mass is 337 g/mol. The van der Waals surface area contributed by atoms with Crippen molar-refractivity contribution in [3.8, 4) is 28.6 Å². The van der Waals surface area contributed by atoms with E-state index >= 15 is 0 Å². The van der Waals surface area contributed by atoms with Crippen LogP contribution in [0.25, 0.3) is 17.1 Å². The van der Waals surface area contributed by atoms with Crippen LogP contribution in [-0.4, -0.2) is 29.0 Å². The molecule has 0 spiro atoms. The van der Waals surface area contributed by atoms with E-state index in [1.54, 1.807) is 14.2 Å². The number of aromatic nitrogens is 3. The Labute approximate surface area is 148 Å². The van der Waals surface area contributed by atoms with Crippen molar-refractivity contribution in [2.45, 2.75) is 26.7 Å². The molecule has 0 saturated carbocycles. The highest BCUT2D eigenvalue weighted by Gasteiger charge is 2.20. The highest BCUT2D eigenvalue weighted by molar-refractivity contribution is 5.65. The summed E-state index contributed by atoms with van der Waals surface area (Å²) in [5, 5.41) is 8.71. The van der Waals surface area contributed by atoms with Crippen molar-refractivity contribution >= 4 is 0 Å². The summed E-state index contributed by atoms with van der Waals surface area (Å²) in [6, 6.07) is 14.2. The summed E-state index contributed by atoms with van der Waals surface area (Å²) in [5.41, 5.74) is 3.13. The van der Waals surface area contributed by atoms with Crippen molar-refractivity contribution in [2.75, 3.05) is 14.2 Å². The van der Waals surface area contributed by atoms with Gasteiger partial charge in [-0.1, -0.05) is 37.6 Å². The van der Waals surface area contributed by atoms with Gasteiger partial charge in [0.05, 0.1) is 14.2 Å². The maximum atomic E-state index is 5.56. The Hall–Kier alpha value is -2.82.